The highest BCUT2D eigenvalue weighted by molar-refractivity contribution is 7.13. The van der Waals surface area contributed by atoms with Crippen molar-refractivity contribution in [3.8, 4) is 5.75 Å². The largest absolute Gasteiger partial charge is 0.497 e. The molecule has 0 aliphatic heterocycles. The van der Waals surface area contributed by atoms with Gasteiger partial charge in [-0.05, 0) is 41.8 Å². The summed E-state index contributed by atoms with van der Waals surface area (Å²) in [7, 11) is 1.56. The topological polar surface area (TPSA) is 120 Å². The minimum atomic E-state index is -0.550. The van der Waals surface area contributed by atoms with Crippen LogP contribution in [0.25, 0.3) is 0 Å². The highest BCUT2D eigenvalue weighted by Crippen LogP contribution is 2.22. The van der Waals surface area contributed by atoms with Crippen LogP contribution in [0.5, 0.6) is 5.75 Å². The number of amides is 2. The molecule has 1 aromatic heterocycles. The number of hydrogen-bond donors (Lipinski definition) is 2. The first-order valence-corrected chi connectivity index (χ1v) is 11.5. The van der Waals surface area contributed by atoms with Crippen LogP contribution in [0.4, 0.5) is 5.69 Å². The highest BCUT2D eigenvalue weighted by atomic mass is 32.1. The molecule has 1 atom stereocenters. The maximum Gasteiger partial charge on any atom is 0.308 e. The molecular weight excluding hydrogens is 456 g/mol. The van der Waals surface area contributed by atoms with Gasteiger partial charge in [-0.15, -0.1) is 10.2 Å². The lowest BCUT2D eigenvalue weighted by molar-refractivity contribution is -0.145. The van der Waals surface area contributed by atoms with Crippen LogP contribution in [0.15, 0.2) is 48.5 Å². The molecule has 34 heavy (non-hydrogen) atoms. The van der Waals surface area contributed by atoms with Gasteiger partial charge in [0.1, 0.15) is 12.4 Å². The van der Waals surface area contributed by atoms with E-state index in [1.54, 1.807) is 31.4 Å². The third-order valence-corrected chi connectivity index (χ3v) is 5.80. The number of aromatic nitrogens is 2. The number of methoxy groups -OCH3 is 1. The second-order valence-corrected chi connectivity index (χ2v) is 8.46. The third kappa shape index (κ3) is 7.11. The van der Waals surface area contributed by atoms with Crippen LogP contribution >= 0.6 is 11.3 Å². The van der Waals surface area contributed by atoms with Crippen LogP contribution in [0.2, 0.25) is 0 Å². The van der Waals surface area contributed by atoms with Gasteiger partial charge in [0.25, 0.3) is 5.91 Å². The van der Waals surface area contributed by atoms with Gasteiger partial charge in [0.2, 0.25) is 10.9 Å². The molecule has 0 spiro atoms. The molecule has 1 unspecified atom stereocenters. The summed E-state index contributed by atoms with van der Waals surface area (Å²) in [5.41, 5.74) is 2.58. The molecule has 2 N–H and O–H groups in total. The molecule has 3 aromatic rings. The van der Waals surface area contributed by atoms with Crippen molar-refractivity contribution in [2.75, 3.05) is 12.4 Å². The van der Waals surface area contributed by atoms with E-state index in [9.17, 15) is 14.4 Å². The molecule has 178 valence electrons. The predicted molar refractivity (Wildman–Crippen MR) is 128 cm³/mol. The zero-order chi connectivity index (χ0) is 24.5. The molecule has 2 aromatic carbocycles. The summed E-state index contributed by atoms with van der Waals surface area (Å²) in [4.78, 5) is 36.4. The van der Waals surface area contributed by atoms with Gasteiger partial charge < -0.3 is 20.1 Å². The fraction of sp³-hybridized carbons (Fsp3) is 0.292. The monoisotopic (exact) mass is 482 g/mol. The minimum Gasteiger partial charge on any atom is -0.497 e. The Bertz CT molecular complexity index is 1130. The SMILES string of the molecule is CCc1ccc(NC(=O)c2nnc(COC(=O)CC(NC(C)=O)c3ccc(OC)cc3)s2)cc1. The van der Waals surface area contributed by atoms with Crippen LogP contribution in [-0.4, -0.2) is 35.1 Å². The Hall–Kier alpha value is -3.79. The number of anilines is 1. The van der Waals surface area contributed by atoms with E-state index in [1.165, 1.54) is 12.5 Å². The number of carbonyl (C=O) groups excluding carboxylic acids is 3. The second kappa shape index (κ2) is 11.9. The first kappa shape index (κ1) is 24.8. The zero-order valence-corrected chi connectivity index (χ0v) is 20.0. The van der Waals surface area contributed by atoms with Crippen molar-refractivity contribution < 1.29 is 23.9 Å². The third-order valence-electron chi connectivity index (χ3n) is 4.90. The molecule has 3 rings (SSSR count). The van der Waals surface area contributed by atoms with Crippen LogP contribution in [0.1, 0.15) is 52.2 Å². The first-order valence-electron chi connectivity index (χ1n) is 10.7. The molecule has 0 aliphatic rings. The molecule has 0 saturated heterocycles. The molecular formula is C24H26N4O5S. The number of carbonyl (C=O) groups is 3. The number of ether oxygens (including phenoxy) is 2. The number of esters is 1. The van der Waals surface area contributed by atoms with Gasteiger partial charge in [-0.3, -0.25) is 14.4 Å². The number of nitrogens with one attached hydrogen (secondary N) is 2. The number of aryl methyl sites for hydroxylation is 1. The normalized spacial score (nSPS) is 11.4. The van der Waals surface area contributed by atoms with Crippen molar-refractivity contribution in [3.05, 3.63) is 69.7 Å². The summed E-state index contributed by atoms with van der Waals surface area (Å²) >= 11 is 1.04. The molecule has 9 nitrogen and oxygen atoms in total. The van der Waals surface area contributed by atoms with E-state index >= 15 is 0 Å². The Morgan fingerprint density at radius 1 is 1.03 bits per heavy atom. The minimum absolute atomic E-state index is 0.0637. The Labute approximate surface area is 201 Å². The van der Waals surface area contributed by atoms with E-state index in [4.69, 9.17) is 9.47 Å². The van der Waals surface area contributed by atoms with Gasteiger partial charge in [-0.1, -0.05) is 42.5 Å². The summed E-state index contributed by atoms with van der Waals surface area (Å²) in [5, 5.41) is 13.9. The molecule has 0 fully saturated rings. The molecule has 0 saturated carbocycles. The van der Waals surface area contributed by atoms with Crippen LogP contribution in [0, 0.1) is 0 Å². The van der Waals surface area contributed by atoms with Crippen LogP contribution < -0.4 is 15.4 Å². The quantitative estimate of drug-likeness (QED) is 0.423. The van der Waals surface area contributed by atoms with Gasteiger partial charge in [0.15, 0.2) is 5.01 Å². The molecule has 10 heteroatoms. The van der Waals surface area contributed by atoms with E-state index in [-0.39, 0.29) is 29.8 Å². The van der Waals surface area contributed by atoms with E-state index in [0.29, 0.717) is 16.4 Å². The van der Waals surface area contributed by atoms with Crippen molar-refractivity contribution in [2.24, 2.45) is 0 Å². The summed E-state index contributed by atoms with van der Waals surface area (Å²) < 4.78 is 10.4. The van der Waals surface area contributed by atoms with Crippen molar-refractivity contribution in [2.45, 2.75) is 39.3 Å². The fourth-order valence-electron chi connectivity index (χ4n) is 3.11. The fourth-order valence-corrected chi connectivity index (χ4v) is 3.76. The van der Waals surface area contributed by atoms with Gasteiger partial charge >= 0.3 is 5.97 Å². The second-order valence-electron chi connectivity index (χ2n) is 7.40. The Morgan fingerprint density at radius 2 is 1.74 bits per heavy atom. The Morgan fingerprint density at radius 3 is 2.35 bits per heavy atom. The Kier molecular flexibility index (Phi) is 8.69. The molecule has 1 heterocycles. The smallest absolute Gasteiger partial charge is 0.308 e. The molecule has 0 aliphatic carbocycles. The average Bonchev–Trinajstić information content (AvgIpc) is 3.32. The zero-order valence-electron chi connectivity index (χ0n) is 19.2. The summed E-state index contributed by atoms with van der Waals surface area (Å²) in [6.45, 7) is 3.32. The number of rotatable bonds is 10. The number of nitrogens with zero attached hydrogens (tertiary/aromatic N) is 2. The van der Waals surface area contributed by atoms with Crippen LogP contribution in [-0.2, 0) is 27.4 Å². The van der Waals surface area contributed by atoms with Crippen molar-refractivity contribution in [1.82, 2.24) is 15.5 Å². The molecule has 0 bridgehead atoms. The van der Waals surface area contributed by atoms with Gasteiger partial charge in [-0.25, -0.2) is 0 Å². The van der Waals surface area contributed by atoms with E-state index in [1.807, 2.05) is 24.3 Å². The summed E-state index contributed by atoms with van der Waals surface area (Å²) in [6, 6.07) is 14.1. The van der Waals surface area contributed by atoms with Gasteiger partial charge in [0.05, 0.1) is 19.6 Å². The molecule has 0 radical (unpaired) electrons. The predicted octanol–water partition coefficient (Wildman–Crippen LogP) is 3.67. The van der Waals surface area contributed by atoms with E-state index in [0.717, 1.165) is 23.3 Å². The first-order chi connectivity index (χ1) is 16.4. The van der Waals surface area contributed by atoms with Crippen molar-refractivity contribution in [1.29, 1.82) is 0 Å². The summed E-state index contributed by atoms with van der Waals surface area (Å²) in [6.07, 6.45) is 0.851. The van der Waals surface area contributed by atoms with Crippen molar-refractivity contribution in [3.63, 3.8) is 0 Å². The van der Waals surface area contributed by atoms with Gasteiger partial charge in [-0.2, -0.15) is 0 Å². The van der Waals surface area contributed by atoms with Crippen LogP contribution in [0.3, 0.4) is 0 Å². The maximum absolute atomic E-state index is 12.4. The highest BCUT2D eigenvalue weighted by Gasteiger charge is 2.20. The van der Waals surface area contributed by atoms with Crippen molar-refractivity contribution >= 4 is 34.8 Å². The van der Waals surface area contributed by atoms with E-state index < -0.39 is 12.0 Å². The number of benzene rings is 2. The number of hydrogen-bond acceptors (Lipinski definition) is 8. The lowest BCUT2D eigenvalue weighted by atomic mass is 10.0. The van der Waals surface area contributed by atoms with E-state index in [2.05, 4.69) is 27.8 Å². The lowest BCUT2D eigenvalue weighted by Crippen LogP contribution is -2.28. The maximum atomic E-state index is 12.4. The lowest BCUT2D eigenvalue weighted by Gasteiger charge is -2.17. The Balaban J connectivity index is 1.55. The summed E-state index contributed by atoms with van der Waals surface area (Å²) in [5.74, 6) is -0.504. The standard InChI is InChI=1S/C24H26N4O5S/c1-4-16-5-9-18(10-6-16)26-23(31)24-28-27-21(34-24)14-33-22(30)13-20(25-15(2)29)17-7-11-19(32-3)12-8-17/h5-12,20H,4,13-14H2,1-3H3,(H,25,29)(H,26,31). The molecule has 2 amide bonds. The average molecular weight is 483 g/mol. The van der Waals surface area contributed by atoms with Gasteiger partial charge in [0, 0.05) is 12.6 Å².